The van der Waals surface area contributed by atoms with Crippen LogP contribution in [0, 0.1) is 29.6 Å². The van der Waals surface area contributed by atoms with Crippen LogP contribution < -0.4 is 9.47 Å². The van der Waals surface area contributed by atoms with Crippen molar-refractivity contribution in [2.75, 3.05) is 13.7 Å². The van der Waals surface area contributed by atoms with Crippen LogP contribution in [0.1, 0.15) is 11.1 Å². The fraction of sp³-hybridized carbons (Fsp3) is 0.300. The van der Waals surface area contributed by atoms with Gasteiger partial charge in [-0.1, -0.05) is 0 Å². The topological polar surface area (TPSA) is 78.9 Å². The largest absolute Gasteiger partial charge is 0.481 e. The monoisotopic (exact) mass is 203 g/mol. The number of nitriles is 2. The third-order valence-electron chi connectivity index (χ3n) is 1.75. The first-order valence-corrected chi connectivity index (χ1v) is 4.18. The average molecular weight is 203 g/mol. The van der Waals surface area contributed by atoms with Crippen molar-refractivity contribution in [2.45, 2.75) is 6.92 Å². The summed E-state index contributed by atoms with van der Waals surface area (Å²) in [6.07, 6.45) is 0. The molecule has 0 unspecified atom stereocenters. The van der Waals surface area contributed by atoms with Crippen LogP contribution in [0.25, 0.3) is 0 Å². The Balaban J connectivity index is 3.16. The molecule has 5 nitrogen and oxygen atoms in total. The Morgan fingerprint density at radius 2 is 2.20 bits per heavy atom. The summed E-state index contributed by atoms with van der Waals surface area (Å²) < 4.78 is 9.96. The smallest absolute Gasteiger partial charge is 0.236 e. The molecular weight excluding hydrogens is 194 g/mol. The minimum absolute atomic E-state index is 0.135. The van der Waals surface area contributed by atoms with Gasteiger partial charge >= 0.3 is 0 Å². The van der Waals surface area contributed by atoms with Crippen LogP contribution >= 0.6 is 0 Å². The standard InChI is InChI=1S/C10H9N3O2/c1-7-5-9(14-2)13-10(8(7)6-12)15-4-3-11/h5H,4H2,1-2H3. The van der Waals surface area contributed by atoms with Gasteiger partial charge < -0.3 is 9.47 Å². The first kappa shape index (κ1) is 10.8. The van der Waals surface area contributed by atoms with Gasteiger partial charge in [-0.05, 0) is 12.5 Å². The minimum atomic E-state index is -0.145. The van der Waals surface area contributed by atoms with E-state index in [1.165, 1.54) is 7.11 Å². The highest BCUT2D eigenvalue weighted by Crippen LogP contribution is 2.23. The van der Waals surface area contributed by atoms with E-state index in [1.54, 1.807) is 13.0 Å². The van der Waals surface area contributed by atoms with Crippen LogP contribution in [0.15, 0.2) is 6.07 Å². The first-order chi connectivity index (χ1) is 7.22. The maximum atomic E-state index is 8.87. The van der Waals surface area contributed by atoms with Crippen molar-refractivity contribution in [3.05, 3.63) is 17.2 Å². The van der Waals surface area contributed by atoms with Gasteiger partial charge in [0.15, 0.2) is 6.61 Å². The van der Waals surface area contributed by atoms with Crippen molar-refractivity contribution in [3.8, 4) is 23.9 Å². The number of pyridine rings is 1. The van der Waals surface area contributed by atoms with Crippen LogP contribution in [0.3, 0.4) is 0 Å². The van der Waals surface area contributed by atoms with E-state index in [2.05, 4.69) is 4.98 Å². The van der Waals surface area contributed by atoms with Crippen molar-refractivity contribution in [1.29, 1.82) is 10.5 Å². The van der Waals surface area contributed by atoms with Gasteiger partial charge in [0.1, 0.15) is 17.7 Å². The first-order valence-electron chi connectivity index (χ1n) is 4.18. The molecule has 1 rings (SSSR count). The van der Waals surface area contributed by atoms with E-state index in [9.17, 15) is 0 Å². The third kappa shape index (κ3) is 2.35. The van der Waals surface area contributed by atoms with Gasteiger partial charge in [0.25, 0.3) is 0 Å². The predicted molar refractivity (Wildman–Crippen MR) is 51.3 cm³/mol. The number of aryl methyl sites for hydroxylation is 1. The van der Waals surface area contributed by atoms with Crippen molar-refractivity contribution in [1.82, 2.24) is 4.98 Å². The van der Waals surface area contributed by atoms with E-state index >= 15 is 0 Å². The molecule has 1 aromatic rings. The number of methoxy groups -OCH3 is 1. The van der Waals surface area contributed by atoms with Gasteiger partial charge in [-0.2, -0.15) is 15.5 Å². The van der Waals surface area contributed by atoms with E-state index in [1.807, 2.05) is 12.1 Å². The Kier molecular flexibility index (Phi) is 3.48. The zero-order valence-electron chi connectivity index (χ0n) is 8.44. The fourth-order valence-electron chi connectivity index (χ4n) is 1.06. The number of nitrogens with zero attached hydrogens (tertiary/aromatic N) is 3. The van der Waals surface area contributed by atoms with Crippen molar-refractivity contribution in [3.63, 3.8) is 0 Å². The summed E-state index contributed by atoms with van der Waals surface area (Å²) in [5.74, 6) is 0.496. The Hall–Kier alpha value is -2.27. The second-order valence-corrected chi connectivity index (χ2v) is 2.72. The maximum Gasteiger partial charge on any atom is 0.236 e. The van der Waals surface area contributed by atoms with Crippen LogP contribution in [-0.2, 0) is 0 Å². The Morgan fingerprint density at radius 1 is 1.47 bits per heavy atom. The molecule has 0 bridgehead atoms. The number of hydrogen-bond acceptors (Lipinski definition) is 5. The van der Waals surface area contributed by atoms with Gasteiger partial charge in [-0.15, -0.1) is 0 Å². The molecule has 1 aromatic heterocycles. The van der Waals surface area contributed by atoms with Crippen molar-refractivity contribution < 1.29 is 9.47 Å². The average Bonchev–Trinajstić information content (AvgIpc) is 2.25. The summed E-state index contributed by atoms with van der Waals surface area (Å²) in [6.45, 7) is 1.61. The molecule has 0 radical (unpaired) electrons. The molecule has 1 heterocycles. The predicted octanol–water partition coefficient (Wildman–Crippen LogP) is 1.17. The summed E-state index contributed by atoms with van der Waals surface area (Å²) in [5.41, 5.74) is 1.03. The lowest BCUT2D eigenvalue weighted by Crippen LogP contribution is -2.02. The van der Waals surface area contributed by atoms with Gasteiger partial charge in [0, 0.05) is 6.07 Å². The lowest BCUT2D eigenvalue weighted by molar-refractivity contribution is 0.336. The molecule has 0 amide bonds. The zero-order chi connectivity index (χ0) is 11.3. The molecule has 0 aliphatic rings. The second kappa shape index (κ2) is 4.83. The lowest BCUT2D eigenvalue weighted by atomic mass is 10.2. The van der Waals surface area contributed by atoms with Gasteiger partial charge in [-0.25, -0.2) is 0 Å². The Bertz CT molecular complexity index is 443. The molecule has 0 spiro atoms. The third-order valence-corrected chi connectivity index (χ3v) is 1.75. The molecule has 0 fully saturated rings. The minimum Gasteiger partial charge on any atom is -0.481 e. The summed E-state index contributed by atoms with van der Waals surface area (Å²) in [4.78, 5) is 3.94. The van der Waals surface area contributed by atoms with Crippen molar-refractivity contribution >= 4 is 0 Å². The van der Waals surface area contributed by atoms with Crippen LogP contribution in [0.4, 0.5) is 0 Å². The molecule has 0 aromatic carbocycles. The molecule has 0 atom stereocenters. The summed E-state index contributed by atoms with van der Waals surface area (Å²) in [5, 5.41) is 17.2. The molecule has 0 N–H and O–H groups in total. The van der Waals surface area contributed by atoms with E-state index in [-0.39, 0.29) is 12.5 Å². The van der Waals surface area contributed by atoms with Gasteiger partial charge in [0.05, 0.1) is 7.11 Å². The van der Waals surface area contributed by atoms with Crippen molar-refractivity contribution in [2.24, 2.45) is 0 Å². The molecule has 0 aliphatic heterocycles. The van der Waals surface area contributed by atoms with Gasteiger partial charge in [-0.3, -0.25) is 0 Å². The molecule has 5 heteroatoms. The highest BCUT2D eigenvalue weighted by atomic mass is 16.5. The number of hydrogen-bond donors (Lipinski definition) is 0. The highest BCUT2D eigenvalue weighted by molar-refractivity contribution is 5.46. The molecular formula is C10H9N3O2. The molecule has 76 valence electrons. The summed E-state index contributed by atoms with van der Waals surface area (Å²) in [6, 6.07) is 5.42. The SMILES string of the molecule is COc1cc(C)c(C#N)c(OCC#N)n1. The summed E-state index contributed by atoms with van der Waals surface area (Å²) in [7, 11) is 1.47. The normalized spacial score (nSPS) is 8.80. The molecule has 0 aliphatic carbocycles. The Morgan fingerprint density at radius 3 is 2.73 bits per heavy atom. The number of ether oxygens (including phenoxy) is 2. The number of rotatable bonds is 3. The molecule has 0 saturated heterocycles. The van der Waals surface area contributed by atoms with Crippen LogP contribution in [0.5, 0.6) is 11.8 Å². The van der Waals surface area contributed by atoms with Crippen LogP contribution in [-0.4, -0.2) is 18.7 Å². The van der Waals surface area contributed by atoms with Crippen LogP contribution in [0.2, 0.25) is 0 Å². The van der Waals surface area contributed by atoms with Gasteiger partial charge in [0.2, 0.25) is 11.8 Å². The quantitative estimate of drug-likeness (QED) is 0.736. The second-order valence-electron chi connectivity index (χ2n) is 2.72. The van der Waals surface area contributed by atoms with E-state index < -0.39 is 0 Å². The van der Waals surface area contributed by atoms with E-state index in [0.29, 0.717) is 17.0 Å². The Labute approximate surface area is 87.5 Å². The zero-order valence-corrected chi connectivity index (χ0v) is 8.44. The number of aromatic nitrogens is 1. The van der Waals surface area contributed by atoms with E-state index in [0.717, 1.165) is 0 Å². The highest BCUT2D eigenvalue weighted by Gasteiger charge is 2.11. The maximum absolute atomic E-state index is 8.87. The van der Waals surface area contributed by atoms with E-state index in [4.69, 9.17) is 20.0 Å². The summed E-state index contributed by atoms with van der Waals surface area (Å²) >= 11 is 0. The molecule has 0 saturated carbocycles. The molecule has 15 heavy (non-hydrogen) atoms. The fourth-order valence-corrected chi connectivity index (χ4v) is 1.06. The lowest BCUT2D eigenvalue weighted by Gasteiger charge is -2.07.